The molecule has 0 aliphatic rings. The summed E-state index contributed by atoms with van der Waals surface area (Å²) in [7, 11) is 1.23. The van der Waals surface area contributed by atoms with Crippen LogP contribution in [0, 0.1) is 0 Å². The third kappa shape index (κ3) is 3.30. The van der Waals surface area contributed by atoms with Crippen LogP contribution in [0.1, 0.15) is 11.8 Å². The molecule has 0 aliphatic heterocycles. The first-order valence-electron chi connectivity index (χ1n) is 4.26. The van der Waals surface area contributed by atoms with Gasteiger partial charge in [-0.05, 0) is 0 Å². The Hall–Kier alpha value is -2.04. The fourth-order valence-electron chi connectivity index (χ4n) is 1.05. The van der Waals surface area contributed by atoms with Crippen molar-refractivity contribution in [1.29, 1.82) is 0 Å². The summed E-state index contributed by atoms with van der Waals surface area (Å²) >= 11 is 0. The molecular weight excluding hydrogens is 198 g/mol. The SMILES string of the molecule is COC(=O)N[C@@H](OC=O)c1ccccc1. The quantitative estimate of drug-likeness (QED) is 0.598. The van der Waals surface area contributed by atoms with Gasteiger partial charge < -0.3 is 9.47 Å². The Morgan fingerprint density at radius 3 is 2.60 bits per heavy atom. The van der Waals surface area contributed by atoms with Crippen LogP contribution < -0.4 is 5.32 Å². The number of carbonyl (C=O) groups excluding carboxylic acids is 2. The maximum atomic E-state index is 10.9. The lowest BCUT2D eigenvalue weighted by molar-refractivity contribution is -0.135. The van der Waals surface area contributed by atoms with Crippen molar-refractivity contribution >= 4 is 12.6 Å². The van der Waals surface area contributed by atoms with E-state index in [0.717, 1.165) is 0 Å². The minimum absolute atomic E-state index is 0.271. The topological polar surface area (TPSA) is 64.6 Å². The van der Waals surface area contributed by atoms with Gasteiger partial charge in [0.1, 0.15) is 0 Å². The van der Waals surface area contributed by atoms with Crippen LogP contribution in [-0.2, 0) is 14.3 Å². The predicted octanol–water partition coefficient (Wildman–Crippen LogP) is 1.21. The van der Waals surface area contributed by atoms with Gasteiger partial charge in [0.05, 0.1) is 7.11 Å². The summed E-state index contributed by atoms with van der Waals surface area (Å²) in [5.74, 6) is 0. The van der Waals surface area contributed by atoms with Crippen LogP contribution in [0.2, 0.25) is 0 Å². The van der Waals surface area contributed by atoms with Gasteiger partial charge in [-0.2, -0.15) is 0 Å². The minimum atomic E-state index is -0.823. The van der Waals surface area contributed by atoms with E-state index in [1.807, 2.05) is 6.07 Å². The zero-order valence-electron chi connectivity index (χ0n) is 8.17. The number of ether oxygens (including phenoxy) is 2. The van der Waals surface area contributed by atoms with Gasteiger partial charge in [-0.15, -0.1) is 0 Å². The standard InChI is InChI=1S/C10H11NO4/c1-14-10(13)11-9(15-7-12)8-5-3-2-4-6-8/h2-7,9H,1H3,(H,11,13)/t9-/m0/s1. The molecule has 0 saturated carbocycles. The van der Waals surface area contributed by atoms with Crippen molar-refractivity contribution in [3.8, 4) is 0 Å². The number of amides is 1. The van der Waals surface area contributed by atoms with Crippen molar-refractivity contribution in [2.24, 2.45) is 0 Å². The molecule has 1 atom stereocenters. The van der Waals surface area contributed by atoms with Gasteiger partial charge in [0, 0.05) is 5.56 Å². The van der Waals surface area contributed by atoms with Crippen molar-refractivity contribution in [2.45, 2.75) is 6.23 Å². The molecule has 1 rings (SSSR count). The molecule has 0 spiro atoms. The fourth-order valence-corrected chi connectivity index (χ4v) is 1.05. The molecule has 80 valence electrons. The van der Waals surface area contributed by atoms with Crippen LogP contribution in [0.5, 0.6) is 0 Å². The van der Waals surface area contributed by atoms with Gasteiger partial charge in [-0.25, -0.2) is 4.79 Å². The van der Waals surface area contributed by atoms with Crippen LogP contribution in [0.15, 0.2) is 30.3 Å². The highest BCUT2D eigenvalue weighted by Gasteiger charge is 2.14. The summed E-state index contributed by atoms with van der Waals surface area (Å²) in [4.78, 5) is 21.2. The Balaban J connectivity index is 2.74. The van der Waals surface area contributed by atoms with Crippen LogP contribution >= 0.6 is 0 Å². The van der Waals surface area contributed by atoms with E-state index in [0.29, 0.717) is 5.56 Å². The van der Waals surface area contributed by atoms with Crippen LogP contribution in [0.4, 0.5) is 4.79 Å². The second kappa shape index (κ2) is 5.64. The van der Waals surface area contributed by atoms with Gasteiger partial charge >= 0.3 is 6.09 Å². The summed E-state index contributed by atoms with van der Waals surface area (Å²) in [6.45, 7) is 0.271. The molecule has 0 fully saturated rings. The Kier molecular flexibility index (Phi) is 4.15. The number of benzene rings is 1. The Labute approximate surface area is 87.0 Å². The normalized spacial score (nSPS) is 11.3. The number of methoxy groups -OCH3 is 1. The monoisotopic (exact) mass is 209 g/mol. The lowest BCUT2D eigenvalue weighted by Crippen LogP contribution is -2.29. The number of alkyl carbamates (subject to hydrolysis) is 1. The summed E-state index contributed by atoms with van der Waals surface area (Å²) in [5.41, 5.74) is 0.662. The average Bonchev–Trinajstić information content (AvgIpc) is 2.29. The Morgan fingerprint density at radius 2 is 2.07 bits per heavy atom. The third-order valence-corrected chi connectivity index (χ3v) is 1.73. The van der Waals surface area contributed by atoms with Crippen molar-refractivity contribution in [2.75, 3.05) is 7.11 Å². The Morgan fingerprint density at radius 1 is 1.40 bits per heavy atom. The number of hydrogen-bond acceptors (Lipinski definition) is 4. The van der Waals surface area contributed by atoms with Gasteiger partial charge in [-0.3, -0.25) is 10.1 Å². The zero-order chi connectivity index (χ0) is 11.1. The molecule has 0 aromatic heterocycles. The van der Waals surface area contributed by atoms with Crippen molar-refractivity contribution in [1.82, 2.24) is 5.32 Å². The molecule has 1 N–H and O–H groups in total. The molecule has 0 radical (unpaired) electrons. The van der Waals surface area contributed by atoms with Crippen LogP contribution in [-0.4, -0.2) is 19.7 Å². The summed E-state index contributed by atoms with van der Waals surface area (Å²) < 4.78 is 9.11. The number of hydrogen-bond donors (Lipinski definition) is 1. The first kappa shape index (κ1) is 11.0. The summed E-state index contributed by atoms with van der Waals surface area (Å²) in [6.07, 6.45) is -1.48. The first-order valence-corrected chi connectivity index (χ1v) is 4.26. The van der Waals surface area contributed by atoms with Gasteiger partial charge in [0.15, 0.2) is 0 Å². The highest BCUT2D eigenvalue weighted by Crippen LogP contribution is 2.12. The van der Waals surface area contributed by atoms with Crippen LogP contribution in [0.25, 0.3) is 0 Å². The average molecular weight is 209 g/mol. The predicted molar refractivity (Wildman–Crippen MR) is 51.9 cm³/mol. The van der Waals surface area contributed by atoms with E-state index < -0.39 is 12.3 Å². The molecule has 0 heterocycles. The highest BCUT2D eigenvalue weighted by atomic mass is 16.6. The van der Waals surface area contributed by atoms with Crippen LogP contribution in [0.3, 0.4) is 0 Å². The molecule has 5 heteroatoms. The molecule has 1 amide bonds. The molecule has 0 saturated heterocycles. The second-order valence-electron chi connectivity index (χ2n) is 2.66. The highest BCUT2D eigenvalue weighted by molar-refractivity contribution is 5.67. The number of carbonyl (C=O) groups is 2. The molecule has 15 heavy (non-hydrogen) atoms. The lowest BCUT2D eigenvalue weighted by atomic mass is 10.2. The van der Waals surface area contributed by atoms with Gasteiger partial charge in [0.25, 0.3) is 6.47 Å². The van der Waals surface area contributed by atoms with E-state index in [-0.39, 0.29) is 6.47 Å². The van der Waals surface area contributed by atoms with Crippen molar-refractivity contribution in [3.05, 3.63) is 35.9 Å². The molecule has 0 unspecified atom stereocenters. The van der Waals surface area contributed by atoms with Gasteiger partial charge in [-0.1, -0.05) is 30.3 Å². The maximum Gasteiger partial charge on any atom is 0.409 e. The maximum absolute atomic E-state index is 10.9. The minimum Gasteiger partial charge on any atom is -0.453 e. The smallest absolute Gasteiger partial charge is 0.409 e. The second-order valence-corrected chi connectivity index (χ2v) is 2.66. The zero-order valence-corrected chi connectivity index (χ0v) is 8.17. The van der Waals surface area contributed by atoms with E-state index in [1.54, 1.807) is 24.3 Å². The molecule has 0 bridgehead atoms. The first-order chi connectivity index (χ1) is 7.27. The van der Waals surface area contributed by atoms with E-state index in [1.165, 1.54) is 7.11 Å². The largest absolute Gasteiger partial charge is 0.453 e. The number of rotatable bonds is 4. The summed E-state index contributed by atoms with van der Waals surface area (Å²) in [6, 6.07) is 8.82. The fraction of sp³-hybridized carbons (Fsp3) is 0.200. The lowest BCUT2D eigenvalue weighted by Gasteiger charge is -2.15. The molecule has 5 nitrogen and oxygen atoms in total. The molecular formula is C10H11NO4. The molecule has 1 aromatic rings. The molecule has 1 aromatic carbocycles. The van der Waals surface area contributed by atoms with Crippen molar-refractivity contribution in [3.63, 3.8) is 0 Å². The van der Waals surface area contributed by atoms with E-state index in [2.05, 4.69) is 10.1 Å². The Bertz CT molecular complexity index is 325. The van der Waals surface area contributed by atoms with E-state index in [9.17, 15) is 9.59 Å². The van der Waals surface area contributed by atoms with Crippen molar-refractivity contribution < 1.29 is 19.1 Å². The van der Waals surface area contributed by atoms with Gasteiger partial charge in [0.2, 0.25) is 6.23 Å². The third-order valence-electron chi connectivity index (χ3n) is 1.73. The van der Waals surface area contributed by atoms with E-state index >= 15 is 0 Å². The number of nitrogens with one attached hydrogen (secondary N) is 1. The van der Waals surface area contributed by atoms with E-state index in [4.69, 9.17) is 4.74 Å². The molecule has 0 aliphatic carbocycles. The summed E-state index contributed by atoms with van der Waals surface area (Å²) in [5, 5.41) is 2.37.